The summed E-state index contributed by atoms with van der Waals surface area (Å²) in [6.45, 7) is 0.355. The lowest BCUT2D eigenvalue weighted by atomic mass is 10.1. The number of hydrogen-bond donors (Lipinski definition) is 3. The fraction of sp³-hybridized carbons (Fsp3) is 0.200. The Bertz CT molecular complexity index is 965. The molecule has 0 saturated carbocycles. The number of ether oxygens (including phenoxy) is 2. The molecule has 0 spiro atoms. The van der Waals surface area contributed by atoms with Gasteiger partial charge in [-0.2, -0.15) is 0 Å². The number of fused-ring (bicyclic) bond motifs is 1. The Morgan fingerprint density at radius 1 is 1.04 bits per heavy atom. The molecule has 7 heteroatoms. The molecular formula is C20H21N3O4. The number of carbonyl (C=O) groups is 2. The average Bonchev–Trinajstić information content (AvgIpc) is 3.11. The van der Waals surface area contributed by atoms with Crippen molar-refractivity contribution in [1.82, 2.24) is 10.3 Å². The van der Waals surface area contributed by atoms with Crippen LogP contribution in [-0.4, -0.2) is 37.6 Å². The van der Waals surface area contributed by atoms with E-state index >= 15 is 0 Å². The average molecular weight is 367 g/mol. The lowest BCUT2D eigenvalue weighted by Gasteiger charge is -2.11. The normalized spacial score (nSPS) is 10.4. The van der Waals surface area contributed by atoms with E-state index in [4.69, 9.17) is 9.47 Å². The van der Waals surface area contributed by atoms with E-state index in [-0.39, 0.29) is 0 Å². The molecule has 1 aromatic heterocycles. The van der Waals surface area contributed by atoms with Crippen molar-refractivity contribution < 1.29 is 19.1 Å². The monoisotopic (exact) mass is 367 g/mol. The molecule has 2 amide bonds. The van der Waals surface area contributed by atoms with E-state index in [1.807, 2.05) is 30.5 Å². The topological polar surface area (TPSA) is 92.5 Å². The van der Waals surface area contributed by atoms with Gasteiger partial charge in [-0.3, -0.25) is 9.59 Å². The van der Waals surface area contributed by atoms with Gasteiger partial charge in [0.1, 0.15) is 11.5 Å². The van der Waals surface area contributed by atoms with E-state index in [0.717, 1.165) is 16.5 Å². The van der Waals surface area contributed by atoms with Gasteiger partial charge in [0, 0.05) is 29.7 Å². The molecule has 7 nitrogen and oxygen atoms in total. The minimum Gasteiger partial charge on any atom is -0.497 e. The highest BCUT2D eigenvalue weighted by Crippen LogP contribution is 2.28. The fourth-order valence-electron chi connectivity index (χ4n) is 2.81. The second-order valence-corrected chi connectivity index (χ2v) is 5.89. The number of hydrogen-bond acceptors (Lipinski definition) is 4. The zero-order valence-electron chi connectivity index (χ0n) is 15.2. The van der Waals surface area contributed by atoms with Crippen LogP contribution in [0.5, 0.6) is 11.5 Å². The number of H-pyrrole nitrogens is 1. The van der Waals surface area contributed by atoms with Crippen molar-refractivity contribution in [2.24, 2.45) is 0 Å². The Labute approximate surface area is 156 Å². The standard InChI is InChI=1S/C20H21N3O4/c1-26-14-7-8-17(18(11-14)27-2)23-20(25)19(24)21-10-9-13-12-22-16-6-4-3-5-15(13)16/h3-8,11-12,22H,9-10H2,1-2H3,(H,21,24)(H,23,25). The predicted octanol–water partition coefficient (Wildman–Crippen LogP) is 2.48. The maximum Gasteiger partial charge on any atom is 0.313 e. The van der Waals surface area contributed by atoms with Gasteiger partial charge in [-0.1, -0.05) is 18.2 Å². The number of amides is 2. The molecule has 2 aromatic carbocycles. The molecule has 0 aliphatic carbocycles. The van der Waals surface area contributed by atoms with Crippen molar-refractivity contribution in [2.45, 2.75) is 6.42 Å². The minimum absolute atomic E-state index is 0.355. The Kier molecular flexibility index (Phi) is 5.61. The molecule has 0 unspecified atom stereocenters. The quantitative estimate of drug-likeness (QED) is 0.584. The summed E-state index contributed by atoms with van der Waals surface area (Å²) in [6.07, 6.45) is 2.54. The van der Waals surface area contributed by atoms with Crippen LogP contribution in [0.4, 0.5) is 5.69 Å². The maximum atomic E-state index is 12.1. The van der Waals surface area contributed by atoms with Crippen molar-refractivity contribution in [3.63, 3.8) is 0 Å². The summed E-state index contributed by atoms with van der Waals surface area (Å²) in [4.78, 5) is 27.4. The summed E-state index contributed by atoms with van der Waals surface area (Å²) >= 11 is 0. The molecule has 1 heterocycles. The van der Waals surface area contributed by atoms with E-state index in [0.29, 0.717) is 30.2 Å². The number of rotatable bonds is 6. The summed E-state index contributed by atoms with van der Waals surface area (Å²) in [5.41, 5.74) is 2.53. The van der Waals surface area contributed by atoms with E-state index in [1.165, 1.54) is 14.2 Å². The summed E-state index contributed by atoms with van der Waals surface area (Å²) in [7, 11) is 3.01. The van der Waals surface area contributed by atoms with E-state index in [1.54, 1.807) is 18.2 Å². The lowest BCUT2D eigenvalue weighted by molar-refractivity contribution is -0.136. The van der Waals surface area contributed by atoms with E-state index in [2.05, 4.69) is 15.6 Å². The molecule has 3 aromatic rings. The molecule has 0 atom stereocenters. The Hall–Kier alpha value is -3.48. The van der Waals surface area contributed by atoms with Crippen LogP contribution in [0.25, 0.3) is 10.9 Å². The minimum atomic E-state index is -0.752. The van der Waals surface area contributed by atoms with Gasteiger partial charge >= 0.3 is 11.8 Å². The van der Waals surface area contributed by atoms with Gasteiger partial charge in [-0.15, -0.1) is 0 Å². The van der Waals surface area contributed by atoms with Crippen LogP contribution in [0.3, 0.4) is 0 Å². The van der Waals surface area contributed by atoms with Gasteiger partial charge in [-0.05, 0) is 30.2 Å². The van der Waals surface area contributed by atoms with Crippen molar-refractivity contribution in [3.8, 4) is 11.5 Å². The van der Waals surface area contributed by atoms with Gasteiger partial charge in [0.05, 0.1) is 19.9 Å². The second-order valence-electron chi connectivity index (χ2n) is 5.89. The number of para-hydroxylation sites is 1. The smallest absolute Gasteiger partial charge is 0.313 e. The summed E-state index contributed by atoms with van der Waals surface area (Å²) in [6, 6.07) is 12.9. The van der Waals surface area contributed by atoms with Crippen LogP contribution in [0, 0.1) is 0 Å². The van der Waals surface area contributed by atoms with E-state index in [9.17, 15) is 9.59 Å². The number of benzene rings is 2. The summed E-state index contributed by atoms with van der Waals surface area (Å²) in [5, 5.41) is 6.29. The van der Waals surface area contributed by atoms with Crippen molar-refractivity contribution in [3.05, 3.63) is 54.2 Å². The third kappa shape index (κ3) is 4.20. The zero-order chi connectivity index (χ0) is 19.2. The van der Waals surface area contributed by atoms with Crippen molar-refractivity contribution in [1.29, 1.82) is 0 Å². The number of aromatic nitrogens is 1. The lowest BCUT2D eigenvalue weighted by Crippen LogP contribution is -2.36. The van der Waals surface area contributed by atoms with Gasteiger partial charge in [-0.25, -0.2) is 0 Å². The third-order valence-corrected chi connectivity index (χ3v) is 4.22. The van der Waals surface area contributed by atoms with Gasteiger partial charge in [0.2, 0.25) is 0 Å². The van der Waals surface area contributed by atoms with Crippen LogP contribution in [0.2, 0.25) is 0 Å². The molecule has 140 valence electrons. The molecule has 3 N–H and O–H groups in total. The first-order valence-electron chi connectivity index (χ1n) is 8.48. The molecular weight excluding hydrogens is 346 g/mol. The van der Waals surface area contributed by atoms with Gasteiger partial charge < -0.3 is 25.1 Å². The van der Waals surface area contributed by atoms with Crippen LogP contribution in [-0.2, 0) is 16.0 Å². The molecule has 0 aliphatic rings. The Morgan fingerprint density at radius 2 is 1.85 bits per heavy atom. The SMILES string of the molecule is COc1ccc(NC(=O)C(=O)NCCc2c[nH]c3ccccc23)c(OC)c1. The molecule has 0 bridgehead atoms. The molecule has 0 fully saturated rings. The first-order chi connectivity index (χ1) is 13.1. The fourth-order valence-corrected chi connectivity index (χ4v) is 2.81. The number of methoxy groups -OCH3 is 2. The summed E-state index contributed by atoms with van der Waals surface area (Å²) < 4.78 is 10.3. The van der Waals surface area contributed by atoms with Crippen LogP contribution in [0.1, 0.15) is 5.56 Å². The van der Waals surface area contributed by atoms with Gasteiger partial charge in [0.15, 0.2) is 0 Å². The van der Waals surface area contributed by atoms with Crippen molar-refractivity contribution >= 4 is 28.4 Å². The van der Waals surface area contributed by atoms with Crippen molar-refractivity contribution in [2.75, 3.05) is 26.1 Å². The number of anilines is 1. The molecule has 27 heavy (non-hydrogen) atoms. The van der Waals surface area contributed by atoms with E-state index < -0.39 is 11.8 Å². The molecule has 0 saturated heterocycles. The number of aromatic amines is 1. The third-order valence-electron chi connectivity index (χ3n) is 4.22. The highest BCUT2D eigenvalue weighted by molar-refractivity contribution is 6.39. The first-order valence-corrected chi connectivity index (χ1v) is 8.48. The Morgan fingerprint density at radius 3 is 2.63 bits per heavy atom. The Balaban J connectivity index is 1.56. The van der Waals surface area contributed by atoms with Crippen LogP contribution < -0.4 is 20.1 Å². The van der Waals surface area contributed by atoms with Crippen LogP contribution >= 0.6 is 0 Å². The summed E-state index contributed by atoms with van der Waals surface area (Å²) in [5.74, 6) is -0.451. The molecule has 3 rings (SSSR count). The first kappa shape index (κ1) is 18.3. The maximum absolute atomic E-state index is 12.1. The zero-order valence-corrected chi connectivity index (χ0v) is 15.2. The van der Waals surface area contributed by atoms with Gasteiger partial charge in [0.25, 0.3) is 0 Å². The predicted molar refractivity (Wildman–Crippen MR) is 103 cm³/mol. The number of carbonyl (C=O) groups excluding carboxylic acids is 2. The second kappa shape index (κ2) is 8.27. The largest absolute Gasteiger partial charge is 0.497 e. The number of nitrogens with one attached hydrogen (secondary N) is 3. The highest BCUT2D eigenvalue weighted by atomic mass is 16.5. The van der Waals surface area contributed by atoms with Crippen LogP contribution in [0.15, 0.2) is 48.7 Å². The molecule has 0 radical (unpaired) electrons. The molecule has 0 aliphatic heterocycles. The highest BCUT2D eigenvalue weighted by Gasteiger charge is 2.16.